The molecule has 0 radical (unpaired) electrons. The number of aromatic nitrogens is 2. The molecule has 1 aromatic heterocycles. The highest BCUT2D eigenvalue weighted by atomic mass is 16.2. The van der Waals surface area contributed by atoms with Crippen molar-refractivity contribution in [2.24, 2.45) is 11.8 Å². The van der Waals surface area contributed by atoms with Crippen LogP contribution in [0.25, 0.3) is 11.0 Å². The number of nitrogens with one attached hydrogen (secondary N) is 1. The van der Waals surface area contributed by atoms with Crippen LogP contribution in [0.2, 0.25) is 0 Å². The molecule has 2 fully saturated rings. The molecule has 2 saturated heterocycles. The number of benzene rings is 1. The number of hydrogen-bond acceptors (Lipinski definition) is 6. The number of rotatable bonds is 3. The van der Waals surface area contributed by atoms with E-state index in [1.165, 1.54) is 0 Å². The summed E-state index contributed by atoms with van der Waals surface area (Å²) in [4.78, 5) is 26.4. The Kier molecular flexibility index (Phi) is 5.63. The molecular weight excluding hydrogens is 364 g/mol. The van der Waals surface area contributed by atoms with Gasteiger partial charge in [0, 0.05) is 38.1 Å². The van der Waals surface area contributed by atoms with Crippen molar-refractivity contribution in [2.75, 3.05) is 38.1 Å². The Bertz CT molecular complexity index is 939. The molecule has 0 bridgehead atoms. The summed E-state index contributed by atoms with van der Waals surface area (Å²) < 4.78 is 0. The van der Waals surface area contributed by atoms with Crippen LogP contribution in [0.4, 0.5) is 5.69 Å². The first-order valence-corrected chi connectivity index (χ1v) is 10.4. The molecule has 7 nitrogen and oxygen atoms in total. The molecular formula is C22H28N6O. The predicted molar refractivity (Wildman–Crippen MR) is 112 cm³/mol. The average molecular weight is 393 g/mol. The van der Waals surface area contributed by atoms with E-state index in [9.17, 15) is 10.1 Å². The van der Waals surface area contributed by atoms with Gasteiger partial charge in [-0.05, 0) is 50.9 Å². The fourth-order valence-electron chi connectivity index (χ4n) is 4.73. The van der Waals surface area contributed by atoms with Crippen molar-refractivity contribution in [3.63, 3.8) is 0 Å². The van der Waals surface area contributed by atoms with E-state index >= 15 is 0 Å². The van der Waals surface area contributed by atoms with Crippen LogP contribution in [-0.2, 0) is 4.79 Å². The van der Waals surface area contributed by atoms with Crippen LogP contribution in [-0.4, -0.2) is 60.0 Å². The Morgan fingerprint density at radius 1 is 1.21 bits per heavy atom. The number of amides is 1. The van der Waals surface area contributed by atoms with Crippen molar-refractivity contribution in [1.29, 1.82) is 5.26 Å². The van der Waals surface area contributed by atoms with Crippen molar-refractivity contribution >= 4 is 22.6 Å². The maximum absolute atomic E-state index is 13.0. The van der Waals surface area contributed by atoms with Crippen molar-refractivity contribution in [1.82, 2.24) is 20.2 Å². The fourth-order valence-corrected chi connectivity index (χ4v) is 4.73. The zero-order valence-electron chi connectivity index (χ0n) is 17.1. The largest absolute Gasteiger partial charge is 0.369 e. The molecule has 0 saturated carbocycles. The average Bonchev–Trinajstić information content (AvgIpc) is 2.72. The predicted octanol–water partition coefficient (Wildman–Crippen LogP) is 2.17. The molecule has 29 heavy (non-hydrogen) atoms. The number of carbonyl (C=O) groups excluding carboxylic acids is 1. The van der Waals surface area contributed by atoms with Crippen molar-refractivity contribution in [3.8, 4) is 6.07 Å². The molecule has 1 aromatic carbocycles. The van der Waals surface area contributed by atoms with Crippen LogP contribution in [0.15, 0.2) is 24.5 Å². The van der Waals surface area contributed by atoms with Gasteiger partial charge in [-0.2, -0.15) is 5.26 Å². The van der Waals surface area contributed by atoms with E-state index in [0.29, 0.717) is 23.5 Å². The Morgan fingerprint density at radius 2 is 2.00 bits per heavy atom. The highest BCUT2D eigenvalue weighted by molar-refractivity contribution is 5.92. The first-order valence-electron chi connectivity index (χ1n) is 10.4. The van der Waals surface area contributed by atoms with E-state index in [1.807, 2.05) is 6.07 Å². The monoisotopic (exact) mass is 392 g/mol. The summed E-state index contributed by atoms with van der Waals surface area (Å²) in [5.41, 5.74) is 2.83. The molecule has 0 spiro atoms. The first kappa shape index (κ1) is 19.6. The van der Waals surface area contributed by atoms with Gasteiger partial charge in [-0.25, -0.2) is 0 Å². The lowest BCUT2D eigenvalue weighted by Gasteiger charge is -2.38. The third-order valence-corrected chi connectivity index (χ3v) is 6.07. The number of carbonyl (C=O) groups is 1. The lowest BCUT2D eigenvalue weighted by atomic mass is 9.88. The highest BCUT2D eigenvalue weighted by Crippen LogP contribution is 2.32. The van der Waals surface area contributed by atoms with Crippen LogP contribution < -0.4 is 10.2 Å². The first-order chi connectivity index (χ1) is 14.0. The summed E-state index contributed by atoms with van der Waals surface area (Å²) in [5.74, 6) is 0.509. The second-order valence-corrected chi connectivity index (χ2v) is 8.55. The van der Waals surface area contributed by atoms with Crippen molar-refractivity contribution in [3.05, 3.63) is 30.1 Å². The standard InChI is InChI=1S/C22H28N6O/c1-15-10-17(22(29)26-18-4-3-9-27(2)14-18)13-28(12-15)19-6-5-16(11-23)20-21(19)25-8-7-24-20/h5-8,15,17-18H,3-4,9-10,12-14H2,1-2H3,(H,26,29). The zero-order chi connectivity index (χ0) is 20.4. The number of nitrogens with zero attached hydrogens (tertiary/aromatic N) is 5. The lowest BCUT2D eigenvalue weighted by Crippen LogP contribution is -2.51. The highest BCUT2D eigenvalue weighted by Gasteiger charge is 2.32. The quantitative estimate of drug-likeness (QED) is 0.862. The minimum absolute atomic E-state index is 0.0478. The summed E-state index contributed by atoms with van der Waals surface area (Å²) in [6, 6.07) is 6.19. The smallest absolute Gasteiger partial charge is 0.225 e. The summed E-state index contributed by atoms with van der Waals surface area (Å²) in [5, 5.41) is 12.7. The second kappa shape index (κ2) is 8.34. The SMILES string of the molecule is CC1CC(C(=O)NC2CCCN(C)C2)CN(c2ccc(C#N)c3nccnc23)C1. The van der Waals surface area contributed by atoms with Gasteiger partial charge in [0.15, 0.2) is 0 Å². The van der Waals surface area contributed by atoms with Crippen LogP contribution in [0, 0.1) is 23.2 Å². The molecule has 152 valence electrons. The van der Waals surface area contributed by atoms with E-state index in [2.05, 4.69) is 45.1 Å². The van der Waals surface area contributed by atoms with Crippen molar-refractivity contribution < 1.29 is 4.79 Å². The Hall–Kier alpha value is -2.72. The Labute approximate surface area is 171 Å². The van der Waals surface area contributed by atoms with Gasteiger partial charge in [-0.3, -0.25) is 14.8 Å². The van der Waals surface area contributed by atoms with Crippen LogP contribution in [0.1, 0.15) is 31.7 Å². The fraction of sp³-hybridized carbons (Fsp3) is 0.545. The molecule has 7 heteroatoms. The number of likely N-dealkylation sites (tertiary alicyclic amines) is 1. The minimum atomic E-state index is -0.0478. The van der Waals surface area contributed by atoms with Gasteiger partial charge in [0.25, 0.3) is 0 Å². The molecule has 1 N–H and O–H groups in total. The zero-order valence-corrected chi connectivity index (χ0v) is 17.1. The van der Waals surface area contributed by atoms with Gasteiger partial charge < -0.3 is 15.1 Å². The molecule has 1 amide bonds. The number of hydrogen-bond donors (Lipinski definition) is 1. The Balaban J connectivity index is 1.54. The minimum Gasteiger partial charge on any atom is -0.369 e. The van der Waals surface area contributed by atoms with Crippen LogP contribution in [0.3, 0.4) is 0 Å². The molecule has 2 aliphatic heterocycles. The Morgan fingerprint density at radius 3 is 2.76 bits per heavy atom. The van der Waals surface area contributed by atoms with E-state index in [4.69, 9.17) is 0 Å². The number of anilines is 1. The van der Waals surface area contributed by atoms with Crippen molar-refractivity contribution in [2.45, 2.75) is 32.2 Å². The molecule has 0 aliphatic carbocycles. The van der Waals surface area contributed by atoms with Gasteiger partial charge in [0.2, 0.25) is 5.91 Å². The number of likely N-dealkylation sites (N-methyl/N-ethyl adjacent to an activating group) is 1. The maximum Gasteiger partial charge on any atom is 0.225 e. The second-order valence-electron chi connectivity index (χ2n) is 8.55. The maximum atomic E-state index is 13.0. The van der Waals surface area contributed by atoms with Crippen LogP contribution >= 0.6 is 0 Å². The number of piperidine rings is 2. The topological polar surface area (TPSA) is 85.2 Å². The van der Waals surface area contributed by atoms with Gasteiger partial charge >= 0.3 is 0 Å². The summed E-state index contributed by atoms with van der Waals surface area (Å²) >= 11 is 0. The molecule has 3 heterocycles. The molecule has 2 aromatic rings. The van der Waals surface area contributed by atoms with E-state index in [-0.39, 0.29) is 17.9 Å². The molecule has 2 aliphatic rings. The number of nitriles is 1. The van der Waals surface area contributed by atoms with Gasteiger partial charge in [-0.15, -0.1) is 0 Å². The normalized spacial score (nSPS) is 25.6. The summed E-state index contributed by atoms with van der Waals surface area (Å²) in [6.45, 7) is 5.75. The molecule has 3 unspecified atom stereocenters. The van der Waals surface area contributed by atoms with E-state index in [0.717, 1.165) is 50.1 Å². The summed E-state index contributed by atoms with van der Waals surface area (Å²) in [7, 11) is 2.11. The van der Waals surface area contributed by atoms with Gasteiger partial charge in [0.1, 0.15) is 17.1 Å². The van der Waals surface area contributed by atoms with E-state index < -0.39 is 0 Å². The molecule has 3 atom stereocenters. The third-order valence-electron chi connectivity index (χ3n) is 6.07. The van der Waals surface area contributed by atoms with Gasteiger partial charge in [0.05, 0.1) is 17.2 Å². The van der Waals surface area contributed by atoms with Gasteiger partial charge in [-0.1, -0.05) is 6.92 Å². The van der Waals surface area contributed by atoms with E-state index in [1.54, 1.807) is 18.5 Å². The lowest BCUT2D eigenvalue weighted by molar-refractivity contribution is -0.126. The number of fused-ring (bicyclic) bond motifs is 1. The molecule has 4 rings (SSSR count). The van der Waals surface area contributed by atoms with Crippen LogP contribution in [0.5, 0.6) is 0 Å². The third kappa shape index (κ3) is 4.18. The summed E-state index contributed by atoms with van der Waals surface area (Å²) in [6.07, 6.45) is 6.35.